The first-order valence-corrected chi connectivity index (χ1v) is 9.10. The zero-order valence-electron chi connectivity index (χ0n) is 15.6. The van der Waals surface area contributed by atoms with Gasteiger partial charge in [0, 0.05) is 30.4 Å². The molecular formula is C21H21N3O4. The van der Waals surface area contributed by atoms with Crippen molar-refractivity contribution in [2.75, 3.05) is 30.0 Å². The largest absolute Gasteiger partial charge is 0.490 e. The fourth-order valence-corrected chi connectivity index (χ4v) is 2.98. The van der Waals surface area contributed by atoms with Gasteiger partial charge in [-0.1, -0.05) is 6.07 Å². The summed E-state index contributed by atoms with van der Waals surface area (Å²) in [6.07, 6.45) is 1.40. The Labute approximate surface area is 163 Å². The lowest BCUT2D eigenvalue weighted by molar-refractivity contribution is -0.118. The third-order valence-corrected chi connectivity index (χ3v) is 4.25. The van der Waals surface area contributed by atoms with Gasteiger partial charge in [0.25, 0.3) is 5.91 Å². The van der Waals surface area contributed by atoms with E-state index in [2.05, 4.69) is 5.32 Å². The zero-order valence-corrected chi connectivity index (χ0v) is 15.6. The average molecular weight is 379 g/mol. The number of hydrogen-bond donors (Lipinski definition) is 1. The van der Waals surface area contributed by atoms with Gasteiger partial charge in [0.05, 0.1) is 18.2 Å². The van der Waals surface area contributed by atoms with Crippen LogP contribution in [0.2, 0.25) is 0 Å². The molecule has 2 aromatic carbocycles. The quantitative estimate of drug-likeness (QED) is 0.798. The molecule has 0 aromatic heterocycles. The van der Waals surface area contributed by atoms with Gasteiger partial charge in [-0.25, -0.2) is 0 Å². The van der Waals surface area contributed by atoms with Gasteiger partial charge in [-0.05, 0) is 43.7 Å². The highest BCUT2D eigenvalue weighted by atomic mass is 16.5. The number of carbonyl (C=O) groups is 2. The molecule has 1 aliphatic heterocycles. The van der Waals surface area contributed by atoms with Gasteiger partial charge in [-0.3, -0.25) is 9.59 Å². The third kappa shape index (κ3) is 4.60. The Morgan fingerprint density at radius 1 is 1.21 bits per heavy atom. The molecule has 1 heterocycles. The van der Waals surface area contributed by atoms with Crippen LogP contribution < -0.4 is 19.7 Å². The van der Waals surface area contributed by atoms with Gasteiger partial charge >= 0.3 is 0 Å². The molecule has 28 heavy (non-hydrogen) atoms. The summed E-state index contributed by atoms with van der Waals surface area (Å²) in [6, 6.07) is 14.0. The lowest BCUT2D eigenvalue weighted by Gasteiger charge is -2.17. The van der Waals surface area contributed by atoms with E-state index in [1.807, 2.05) is 19.1 Å². The number of benzene rings is 2. The van der Waals surface area contributed by atoms with E-state index in [9.17, 15) is 9.59 Å². The maximum absolute atomic E-state index is 12.3. The summed E-state index contributed by atoms with van der Waals surface area (Å²) >= 11 is 0. The zero-order chi connectivity index (χ0) is 19.9. The minimum Gasteiger partial charge on any atom is -0.490 e. The van der Waals surface area contributed by atoms with Crippen molar-refractivity contribution in [3.05, 3.63) is 48.0 Å². The number of amides is 2. The number of nitriles is 1. The van der Waals surface area contributed by atoms with Gasteiger partial charge in [-0.2, -0.15) is 5.26 Å². The van der Waals surface area contributed by atoms with Crippen LogP contribution in [0.4, 0.5) is 11.4 Å². The Kier molecular flexibility index (Phi) is 6.12. The summed E-state index contributed by atoms with van der Waals surface area (Å²) in [7, 11) is 0. The number of hydrogen-bond acceptors (Lipinski definition) is 5. The van der Waals surface area contributed by atoms with Crippen molar-refractivity contribution < 1.29 is 19.1 Å². The molecule has 1 fully saturated rings. The number of anilines is 2. The maximum atomic E-state index is 12.3. The molecule has 1 aliphatic rings. The molecule has 0 atom stereocenters. The normalized spacial score (nSPS) is 13.1. The van der Waals surface area contributed by atoms with E-state index in [0.717, 1.165) is 12.1 Å². The Hall–Kier alpha value is -3.53. The molecule has 7 heteroatoms. The van der Waals surface area contributed by atoms with Crippen LogP contribution in [-0.4, -0.2) is 31.6 Å². The average Bonchev–Trinajstić information content (AvgIpc) is 3.13. The minimum atomic E-state index is -0.336. The second-order valence-corrected chi connectivity index (χ2v) is 6.24. The molecule has 0 unspecified atom stereocenters. The summed E-state index contributed by atoms with van der Waals surface area (Å²) in [5, 5.41) is 11.8. The Bertz CT molecular complexity index is 920. The van der Waals surface area contributed by atoms with Crippen molar-refractivity contribution in [1.29, 1.82) is 5.26 Å². The highest BCUT2D eigenvalue weighted by molar-refractivity contribution is 5.97. The Morgan fingerprint density at radius 2 is 2.07 bits per heavy atom. The summed E-state index contributed by atoms with van der Waals surface area (Å²) in [5.74, 6) is 0.573. The highest BCUT2D eigenvalue weighted by Crippen LogP contribution is 2.28. The molecule has 0 radical (unpaired) electrons. The van der Waals surface area contributed by atoms with Crippen molar-refractivity contribution in [2.45, 2.75) is 19.8 Å². The predicted molar refractivity (Wildman–Crippen MR) is 104 cm³/mol. The number of carbonyl (C=O) groups excluding carboxylic acids is 2. The standard InChI is InChI=1S/C21H21N3O4/c1-2-27-19-11-15(13-22)8-9-18(19)28-14-20(25)23-16-5-3-6-17(12-16)24-10-4-7-21(24)26/h3,5-6,8-9,11-12H,2,4,7,10,14H2,1H3,(H,23,25). The number of ether oxygens (including phenoxy) is 2. The predicted octanol–water partition coefficient (Wildman–Crippen LogP) is 3.10. The highest BCUT2D eigenvalue weighted by Gasteiger charge is 2.21. The lowest BCUT2D eigenvalue weighted by atomic mass is 10.2. The van der Waals surface area contributed by atoms with Gasteiger partial charge in [0.15, 0.2) is 18.1 Å². The number of rotatable bonds is 7. The van der Waals surface area contributed by atoms with Crippen LogP contribution in [0.1, 0.15) is 25.3 Å². The van der Waals surface area contributed by atoms with Crippen LogP contribution in [0.3, 0.4) is 0 Å². The fourth-order valence-electron chi connectivity index (χ4n) is 2.98. The van der Waals surface area contributed by atoms with Gasteiger partial charge < -0.3 is 19.7 Å². The summed E-state index contributed by atoms with van der Waals surface area (Å²) in [4.78, 5) is 25.9. The molecule has 1 saturated heterocycles. The van der Waals surface area contributed by atoms with Gasteiger partial charge in [0.1, 0.15) is 0 Å². The van der Waals surface area contributed by atoms with Crippen LogP contribution >= 0.6 is 0 Å². The topological polar surface area (TPSA) is 91.7 Å². The van der Waals surface area contributed by atoms with Crippen molar-refractivity contribution in [3.8, 4) is 17.6 Å². The molecule has 0 bridgehead atoms. The molecule has 7 nitrogen and oxygen atoms in total. The molecule has 2 aromatic rings. The smallest absolute Gasteiger partial charge is 0.262 e. The van der Waals surface area contributed by atoms with Crippen molar-refractivity contribution in [2.24, 2.45) is 0 Å². The van der Waals surface area contributed by atoms with Crippen molar-refractivity contribution in [3.63, 3.8) is 0 Å². The monoisotopic (exact) mass is 379 g/mol. The Morgan fingerprint density at radius 3 is 2.79 bits per heavy atom. The van der Waals surface area contributed by atoms with Crippen LogP contribution in [0.15, 0.2) is 42.5 Å². The first-order chi connectivity index (χ1) is 13.6. The minimum absolute atomic E-state index is 0.0936. The molecule has 1 N–H and O–H groups in total. The Balaban J connectivity index is 1.62. The van der Waals surface area contributed by atoms with E-state index in [1.165, 1.54) is 0 Å². The van der Waals surface area contributed by atoms with Crippen molar-refractivity contribution in [1.82, 2.24) is 0 Å². The first-order valence-electron chi connectivity index (χ1n) is 9.10. The SMILES string of the molecule is CCOc1cc(C#N)ccc1OCC(=O)Nc1cccc(N2CCCC2=O)c1. The van der Waals surface area contributed by atoms with Crippen LogP contribution in [0, 0.1) is 11.3 Å². The van der Waals surface area contributed by atoms with Gasteiger partial charge in [-0.15, -0.1) is 0 Å². The van der Waals surface area contributed by atoms with E-state index >= 15 is 0 Å². The summed E-state index contributed by atoms with van der Waals surface area (Å²) in [5.41, 5.74) is 1.82. The molecule has 2 amide bonds. The first kappa shape index (κ1) is 19.2. The molecule has 144 valence electrons. The second-order valence-electron chi connectivity index (χ2n) is 6.24. The summed E-state index contributed by atoms with van der Waals surface area (Å²) < 4.78 is 11.0. The molecule has 0 spiro atoms. The lowest BCUT2D eigenvalue weighted by Crippen LogP contribution is -2.24. The molecule has 0 aliphatic carbocycles. The molecule has 3 rings (SSSR count). The van der Waals surface area contributed by atoms with E-state index in [1.54, 1.807) is 41.3 Å². The van der Waals surface area contributed by atoms with Gasteiger partial charge in [0.2, 0.25) is 5.91 Å². The second kappa shape index (κ2) is 8.91. The fraction of sp³-hybridized carbons (Fsp3) is 0.286. The summed E-state index contributed by atoms with van der Waals surface area (Å²) in [6.45, 7) is 2.73. The van der Waals surface area contributed by atoms with E-state index < -0.39 is 0 Å². The van der Waals surface area contributed by atoms with Crippen molar-refractivity contribution >= 4 is 23.2 Å². The molecule has 0 saturated carbocycles. The van der Waals surface area contributed by atoms with E-state index in [0.29, 0.717) is 42.3 Å². The van der Waals surface area contributed by atoms with E-state index in [4.69, 9.17) is 14.7 Å². The number of nitrogens with zero attached hydrogens (tertiary/aromatic N) is 2. The number of nitrogens with one attached hydrogen (secondary N) is 1. The van der Waals surface area contributed by atoms with E-state index in [-0.39, 0.29) is 18.4 Å². The van der Waals surface area contributed by atoms with Crippen LogP contribution in [0.25, 0.3) is 0 Å². The van der Waals surface area contributed by atoms with Crippen LogP contribution in [-0.2, 0) is 9.59 Å². The van der Waals surface area contributed by atoms with Crippen LogP contribution in [0.5, 0.6) is 11.5 Å². The third-order valence-electron chi connectivity index (χ3n) is 4.25. The maximum Gasteiger partial charge on any atom is 0.262 e. The molecular weight excluding hydrogens is 358 g/mol.